The average Bonchev–Trinajstić information content (AvgIpc) is 2.25. The average molecular weight is 220 g/mol. The summed E-state index contributed by atoms with van der Waals surface area (Å²) in [6.45, 7) is 9.61. The maximum Gasteiger partial charge on any atom is 0.0519 e. The third kappa shape index (κ3) is 4.80. The lowest BCUT2D eigenvalue weighted by Gasteiger charge is -2.22. The summed E-state index contributed by atoms with van der Waals surface area (Å²) in [4.78, 5) is 0. The van der Waals surface area contributed by atoms with Crippen LogP contribution in [0.5, 0.6) is 0 Å². The van der Waals surface area contributed by atoms with Gasteiger partial charge in [-0.2, -0.15) is 0 Å². The summed E-state index contributed by atoms with van der Waals surface area (Å²) in [5.74, 6) is 1.28. The Morgan fingerprint density at radius 3 is 2.12 bits per heavy atom. The molecule has 0 saturated heterocycles. The van der Waals surface area contributed by atoms with Gasteiger partial charge in [0.1, 0.15) is 0 Å². The third-order valence-electron chi connectivity index (χ3n) is 2.93. The first-order valence-corrected chi connectivity index (χ1v) is 6.25. The quantitative estimate of drug-likeness (QED) is 0.706. The van der Waals surface area contributed by atoms with Gasteiger partial charge in [-0.3, -0.25) is 0 Å². The first kappa shape index (κ1) is 13.2. The minimum Gasteiger partial charge on any atom is -0.378 e. The van der Waals surface area contributed by atoms with Crippen molar-refractivity contribution < 1.29 is 4.74 Å². The molecular formula is C15H24O. The lowest BCUT2D eigenvalue weighted by atomic mass is 9.90. The van der Waals surface area contributed by atoms with E-state index in [1.165, 1.54) is 5.56 Å². The van der Waals surface area contributed by atoms with Crippen LogP contribution >= 0.6 is 0 Å². The Labute approximate surface area is 99.8 Å². The molecule has 1 unspecified atom stereocenters. The first-order valence-electron chi connectivity index (χ1n) is 6.25. The summed E-state index contributed by atoms with van der Waals surface area (Å²) in [6.07, 6.45) is 1.45. The van der Waals surface area contributed by atoms with Crippen LogP contribution in [0, 0.1) is 11.8 Å². The Balaban J connectivity index is 2.51. The lowest BCUT2D eigenvalue weighted by molar-refractivity contribution is 0.0392. The largest absolute Gasteiger partial charge is 0.378 e. The standard InChI is InChI=1S/C15H24O/c1-12(2)15(11-16-13(3)4)10-14-8-6-5-7-9-14/h5-9,12-13,15H,10-11H2,1-4H3. The molecule has 0 N–H and O–H groups in total. The van der Waals surface area contributed by atoms with Gasteiger partial charge in [0.15, 0.2) is 0 Å². The summed E-state index contributed by atoms with van der Waals surface area (Å²) in [7, 11) is 0. The van der Waals surface area contributed by atoms with E-state index in [0.717, 1.165) is 13.0 Å². The van der Waals surface area contributed by atoms with E-state index in [2.05, 4.69) is 58.0 Å². The molecular weight excluding hydrogens is 196 g/mol. The molecule has 0 amide bonds. The van der Waals surface area contributed by atoms with Gasteiger partial charge < -0.3 is 4.74 Å². The van der Waals surface area contributed by atoms with E-state index in [0.29, 0.717) is 17.9 Å². The lowest BCUT2D eigenvalue weighted by Crippen LogP contribution is -2.20. The Hall–Kier alpha value is -0.820. The zero-order valence-electron chi connectivity index (χ0n) is 10.9. The highest BCUT2D eigenvalue weighted by Gasteiger charge is 2.14. The maximum absolute atomic E-state index is 5.74. The van der Waals surface area contributed by atoms with Crippen LogP contribution in [-0.2, 0) is 11.2 Å². The zero-order chi connectivity index (χ0) is 12.0. The molecule has 0 radical (unpaired) electrons. The van der Waals surface area contributed by atoms with Crippen LogP contribution in [0.25, 0.3) is 0 Å². The van der Waals surface area contributed by atoms with Gasteiger partial charge in [-0.25, -0.2) is 0 Å². The van der Waals surface area contributed by atoms with Crippen molar-refractivity contribution >= 4 is 0 Å². The predicted octanol–water partition coefficient (Wildman–Crippen LogP) is 3.93. The SMILES string of the molecule is CC(C)OCC(Cc1ccccc1)C(C)C. The zero-order valence-corrected chi connectivity index (χ0v) is 10.9. The van der Waals surface area contributed by atoms with Crippen molar-refractivity contribution in [1.29, 1.82) is 0 Å². The van der Waals surface area contributed by atoms with E-state index in [1.54, 1.807) is 0 Å². The highest BCUT2D eigenvalue weighted by atomic mass is 16.5. The third-order valence-corrected chi connectivity index (χ3v) is 2.93. The van der Waals surface area contributed by atoms with Crippen LogP contribution in [-0.4, -0.2) is 12.7 Å². The number of ether oxygens (including phenoxy) is 1. The van der Waals surface area contributed by atoms with E-state index in [9.17, 15) is 0 Å². The normalized spacial score (nSPS) is 13.4. The molecule has 1 heteroatoms. The minimum atomic E-state index is 0.331. The molecule has 0 bridgehead atoms. The Bertz CT molecular complexity index is 277. The molecule has 1 aromatic carbocycles. The van der Waals surface area contributed by atoms with E-state index in [1.807, 2.05) is 0 Å². The van der Waals surface area contributed by atoms with Crippen LogP contribution in [0.2, 0.25) is 0 Å². The molecule has 0 aliphatic carbocycles. The fraction of sp³-hybridized carbons (Fsp3) is 0.600. The van der Waals surface area contributed by atoms with E-state index >= 15 is 0 Å². The molecule has 0 saturated carbocycles. The molecule has 0 spiro atoms. The second-order valence-corrected chi connectivity index (χ2v) is 5.08. The van der Waals surface area contributed by atoms with Crippen molar-refractivity contribution in [3.63, 3.8) is 0 Å². The summed E-state index contributed by atoms with van der Waals surface area (Å²) >= 11 is 0. The van der Waals surface area contributed by atoms with Gasteiger partial charge in [0, 0.05) is 0 Å². The summed E-state index contributed by atoms with van der Waals surface area (Å²) in [5, 5.41) is 0. The molecule has 1 nitrogen and oxygen atoms in total. The molecule has 0 aliphatic rings. The summed E-state index contributed by atoms with van der Waals surface area (Å²) in [6, 6.07) is 10.7. The molecule has 0 aliphatic heterocycles. The number of rotatable bonds is 6. The predicted molar refractivity (Wildman–Crippen MR) is 69.6 cm³/mol. The number of hydrogen-bond donors (Lipinski definition) is 0. The van der Waals surface area contributed by atoms with Gasteiger partial charge in [-0.15, -0.1) is 0 Å². The topological polar surface area (TPSA) is 9.23 Å². The number of hydrogen-bond acceptors (Lipinski definition) is 1. The Kier molecular flexibility index (Phi) is 5.54. The molecule has 16 heavy (non-hydrogen) atoms. The van der Waals surface area contributed by atoms with Crippen LogP contribution in [0.1, 0.15) is 33.3 Å². The van der Waals surface area contributed by atoms with Gasteiger partial charge in [-0.05, 0) is 37.7 Å². The molecule has 0 fully saturated rings. The van der Waals surface area contributed by atoms with Crippen molar-refractivity contribution in [1.82, 2.24) is 0 Å². The van der Waals surface area contributed by atoms with Crippen LogP contribution in [0.4, 0.5) is 0 Å². The first-order chi connectivity index (χ1) is 7.59. The van der Waals surface area contributed by atoms with Gasteiger partial charge in [-0.1, -0.05) is 44.2 Å². The molecule has 1 rings (SSSR count). The van der Waals surface area contributed by atoms with Gasteiger partial charge in [0.25, 0.3) is 0 Å². The summed E-state index contributed by atoms with van der Waals surface area (Å²) in [5.41, 5.74) is 1.41. The van der Waals surface area contributed by atoms with Gasteiger partial charge in [0.2, 0.25) is 0 Å². The molecule has 1 aromatic rings. The highest BCUT2D eigenvalue weighted by Crippen LogP contribution is 2.18. The van der Waals surface area contributed by atoms with Crippen molar-refractivity contribution in [3.8, 4) is 0 Å². The van der Waals surface area contributed by atoms with Crippen LogP contribution in [0.3, 0.4) is 0 Å². The van der Waals surface area contributed by atoms with Crippen LogP contribution < -0.4 is 0 Å². The van der Waals surface area contributed by atoms with Crippen LogP contribution in [0.15, 0.2) is 30.3 Å². The molecule has 0 aromatic heterocycles. The molecule has 90 valence electrons. The second kappa shape index (κ2) is 6.70. The van der Waals surface area contributed by atoms with Crippen molar-refractivity contribution in [2.75, 3.05) is 6.61 Å². The fourth-order valence-electron chi connectivity index (χ4n) is 1.72. The van der Waals surface area contributed by atoms with Gasteiger partial charge >= 0.3 is 0 Å². The molecule has 1 atom stereocenters. The number of benzene rings is 1. The van der Waals surface area contributed by atoms with E-state index in [4.69, 9.17) is 4.74 Å². The fourth-order valence-corrected chi connectivity index (χ4v) is 1.72. The second-order valence-electron chi connectivity index (χ2n) is 5.08. The van der Waals surface area contributed by atoms with Crippen molar-refractivity contribution in [3.05, 3.63) is 35.9 Å². The Morgan fingerprint density at radius 2 is 1.62 bits per heavy atom. The summed E-state index contributed by atoms with van der Waals surface area (Å²) < 4.78 is 5.74. The highest BCUT2D eigenvalue weighted by molar-refractivity contribution is 5.15. The van der Waals surface area contributed by atoms with Gasteiger partial charge in [0.05, 0.1) is 12.7 Å². The van der Waals surface area contributed by atoms with Crippen molar-refractivity contribution in [2.45, 2.75) is 40.2 Å². The molecule has 0 heterocycles. The van der Waals surface area contributed by atoms with E-state index in [-0.39, 0.29) is 0 Å². The van der Waals surface area contributed by atoms with E-state index < -0.39 is 0 Å². The van der Waals surface area contributed by atoms with Crippen molar-refractivity contribution in [2.24, 2.45) is 11.8 Å². The maximum atomic E-state index is 5.74. The smallest absolute Gasteiger partial charge is 0.0519 e. The Morgan fingerprint density at radius 1 is 1.00 bits per heavy atom. The monoisotopic (exact) mass is 220 g/mol. The minimum absolute atomic E-state index is 0.331.